The third kappa shape index (κ3) is 2.47. The largest absolute Gasteiger partial charge is 0.333 e. The number of aryl methyl sites for hydroxylation is 1. The topological polar surface area (TPSA) is 45.2 Å². The number of carbonyl (C=O) groups is 1. The monoisotopic (exact) mass is 225 g/mol. The van der Waals surface area contributed by atoms with Crippen molar-refractivity contribution in [3.8, 4) is 0 Å². The Kier molecular flexibility index (Phi) is 3.20. The van der Waals surface area contributed by atoms with E-state index in [9.17, 15) is 4.79 Å². The molecule has 15 heavy (non-hydrogen) atoms. The van der Waals surface area contributed by atoms with Crippen LogP contribution in [0.25, 0.3) is 0 Å². The first-order valence-electron chi connectivity index (χ1n) is 5.19. The molecule has 1 fully saturated rings. The molecule has 1 aliphatic heterocycles. The van der Waals surface area contributed by atoms with Crippen LogP contribution in [0.5, 0.6) is 0 Å². The number of amides is 2. The lowest BCUT2D eigenvalue weighted by molar-refractivity contribution is 0.208. The van der Waals surface area contributed by atoms with E-state index < -0.39 is 0 Å². The van der Waals surface area contributed by atoms with Crippen LogP contribution in [0.1, 0.15) is 23.4 Å². The Bertz CT molecular complexity index is 344. The molecule has 2 heterocycles. The minimum Gasteiger partial charge on any atom is -0.333 e. The molecule has 0 bridgehead atoms. The van der Waals surface area contributed by atoms with Crippen molar-refractivity contribution in [1.82, 2.24) is 15.2 Å². The van der Waals surface area contributed by atoms with Gasteiger partial charge in [-0.25, -0.2) is 9.78 Å². The van der Waals surface area contributed by atoms with E-state index in [2.05, 4.69) is 10.3 Å². The van der Waals surface area contributed by atoms with Crippen molar-refractivity contribution in [3.05, 3.63) is 16.1 Å². The summed E-state index contributed by atoms with van der Waals surface area (Å²) in [5, 5.41) is 2.93. The van der Waals surface area contributed by atoms with Crippen LogP contribution in [-0.2, 0) is 6.54 Å². The lowest BCUT2D eigenvalue weighted by Crippen LogP contribution is -2.37. The van der Waals surface area contributed by atoms with Crippen molar-refractivity contribution in [2.45, 2.75) is 26.3 Å². The summed E-state index contributed by atoms with van der Waals surface area (Å²) in [6.07, 6.45) is 2.26. The van der Waals surface area contributed by atoms with E-state index in [-0.39, 0.29) is 6.03 Å². The van der Waals surface area contributed by atoms with E-state index in [1.165, 1.54) is 0 Å². The summed E-state index contributed by atoms with van der Waals surface area (Å²) in [5.41, 5.74) is 2.83. The van der Waals surface area contributed by atoms with Crippen LogP contribution >= 0.6 is 11.3 Å². The van der Waals surface area contributed by atoms with Gasteiger partial charge in [-0.2, -0.15) is 0 Å². The van der Waals surface area contributed by atoms with Gasteiger partial charge in [-0.05, 0) is 19.8 Å². The highest BCUT2D eigenvalue weighted by molar-refractivity contribution is 7.09. The number of thiazole rings is 1. The van der Waals surface area contributed by atoms with Gasteiger partial charge in [0.25, 0.3) is 0 Å². The summed E-state index contributed by atoms with van der Waals surface area (Å²) in [5.74, 6) is 0. The lowest BCUT2D eigenvalue weighted by atomic mass is 10.4. The Morgan fingerprint density at radius 1 is 1.60 bits per heavy atom. The minimum absolute atomic E-state index is 0.0558. The average molecular weight is 225 g/mol. The molecule has 0 unspecified atom stereocenters. The standard InChI is InChI=1S/C10H15N3OS/c1-8-9(15-7-12-8)6-11-10(14)13-4-2-3-5-13/h7H,2-6H2,1H3,(H,11,14). The number of carbonyl (C=O) groups excluding carboxylic acids is 1. The zero-order chi connectivity index (χ0) is 10.7. The number of nitrogens with zero attached hydrogens (tertiary/aromatic N) is 2. The van der Waals surface area contributed by atoms with Crippen LogP contribution in [0.3, 0.4) is 0 Å². The molecule has 82 valence electrons. The van der Waals surface area contributed by atoms with Crippen LogP contribution < -0.4 is 5.32 Å². The van der Waals surface area contributed by atoms with Gasteiger partial charge in [0.15, 0.2) is 0 Å². The summed E-state index contributed by atoms with van der Waals surface area (Å²) in [6.45, 7) is 4.36. The summed E-state index contributed by atoms with van der Waals surface area (Å²) < 4.78 is 0. The molecule has 1 aliphatic rings. The fourth-order valence-electron chi connectivity index (χ4n) is 1.68. The van der Waals surface area contributed by atoms with Crippen molar-refractivity contribution >= 4 is 17.4 Å². The number of nitrogens with one attached hydrogen (secondary N) is 1. The normalized spacial score (nSPS) is 15.7. The quantitative estimate of drug-likeness (QED) is 0.833. The predicted octanol–water partition coefficient (Wildman–Crippen LogP) is 1.76. The Morgan fingerprint density at radius 2 is 2.33 bits per heavy atom. The average Bonchev–Trinajstić information content (AvgIpc) is 2.85. The molecule has 0 saturated carbocycles. The van der Waals surface area contributed by atoms with Gasteiger partial charge in [-0.3, -0.25) is 0 Å². The molecule has 0 aliphatic carbocycles. The SMILES string of the molecule is Cc1ncsc1CNC(=O)N1CCCC1. The van der Waals surface area contributed by atoms with E-state index in [1.54, 1.807) is 11.3 Å². The Labute approximate surface area is 93.3 Å². The molecular weight excluding hydrogens is 210 g/mol. The number of rotatable bonds is 2. The van der Waals surface area contributed by atoms with E-state index >= 15 is 0 Å². The highest BCUT2D eigenvalue weighted by atomic mass is 32.1. The molecule has 0 atom stereocenters. The van der Waals surface area contributed by atoms with Crippen LogP contribution in [-0.4, -0.2) is 29.0 Å². The summed E-state index contributed by atoms with van der Waals surface area (Å²) in [7, 11) is 0. The number of likely N-dealkylation sites (tertiary alicyclic amines) is 1. The van der Waals surface area contributed by atoms with Crippen LogP contribution in [0, 0.1) is 6.92 Å². The molecule has 1 aromatic heterocycles. The summed E-state index contributed by atoms with van der Waals surface area (Å²) >= 11 is 1.59. The molecule has 4 nitrogen and oxygen atoms in total. The van der Waals surface area contributed by atoms with E-state index in [0.29, 0.717) is 6.54 Å². The maximum absolute atomic E-state index is 11.7. The number of aromatic nitrogens is 1. The molecule has 2 amide bonds. The molecule has 1 aromatic rings. The van der Waals surface area contributed by atoms with E-state index in [4.69, 9.17) is 0 Å². The molecule has 0 aromatic carbocycles. The van der Waals surface area contributed by atoms with Gasteiger partial charge in [-0.1, -0.05) is 0 Å². The van der Waals surface area contributed by atoms with Crippen LogP contribution in [0.4, 0.5) is 4.79 Å². The van der Waals surface area contributed by atoms with Crippen molar-refractivity contribution in [2.75, 3.05) is 13.1 Å². The Morgan fingerprint density at radius 3 is 2.93 bits per heavy atom. The minimum atomic E-state index is 0.0558. The van der Waals surface area contributed by atoms with Gasteiger partial charge in [0, 0.05) is 18.0 Å². The zero-order valence-corrected chi connectivity index (χ0v) is 9.64. The highest BCUT2D eigenvalue weighted by Crippen LogP contribution is 2.12. The number of urea groups is 1. The van der Waals surface area contributed by atoms with Gasteiger partial charge in [0.05, 0.1) is 17.7 Å². The molecule has 5 heteroatoms. The molecule has 1 N–H and O–H groups in total. The van der Waals surface area contributed by atoms with Gasteiger partial charge in [0.1, 0.15) is 0 Å². The second kappa shape index (κ2) is 4.61. The number of hydrogen-bond acceptors (Lipinski definition) is 3. The zero-order valence-electron chi connectivity index (χ0n) is 8.82. The Balaban J connectivity index is 1.83. The second-order valence-corrected chi connectivity index (χ2v) is 4.65. The fourth-order valence-corrected chi connectivity index (χ4v) is 2.40. The highest BCUT2D eigenvalue weighted by Gasteiger charge is 2.17. The summed E-state index contributed by atoms with van der Waals surface area (Å²) in [6, 6.07) is 0.0558. The van der Waals surface area contributed by atoms with Crippen molar-refractivity contribution in [1.29, 1.82) is 0 Å². The predicted molar refractivity (Wildman–Crippen MR) is 59.9 cm³/mol. The number of hydrogen-bond donors (Lipinski definition) is 1. The van der Waals surface area contributed by atoms with Crippen molar-refractivity contribution in [3.63, 3.8) is 0 Å². The molecule has 2 rings (SSSR count). The molecule has 0 radical (unpaired) electrons. The summed E-state index contributed by atoms with van der Waals surface area (Å²) in [4.78, 5) is 18.8. The fraction of sp³-hybridized carbons (Fsp3) is 0.600. The first-order valence-corrected chi connectivity index (χ1v) is 6.07. The van der Waals surface area contributed by atoms with E-state index in [1.807, 2.05) is 17.3 Å². The van der Waals surface area contributed by atoms with Crippen LogP contribution in [0.2, 0.25) is 0 Å². The van der Waals surface area contributed by atoms with Gasteiger partial charge in [-0.15, -0.1) is 11.3 Å². The van der Waals surface area contributed by atoms with Gasteiger partial charge in [0.2, 0.25) is 0 Å². The molecular formula is C10H15N3OS. The third-order valence-corrected chi connectivity index (χ3v) is 3.57. The lowest BCUT2D eigenvalue weighted by Gasteiger charge is -2.15. The first kappa shape index (κ1) is 10.4. The Hall–Kier alpha value is -1.10. The maximum Gasteiger partial charge on any atom is 0.317 e. The second-order valence-electron chi connectivity index (χ2n) is 3.71. The first-order chi connectivity index (χ1) is 7.27. The molecule has 0 spiro atoms. The van der Waals surface area contributed by atoms with Gasteiger partial charge < -0.3 is 10.2 Å². The van der Waals surface area contributed by atoms with Crippen LogP contribution in [0.15, 0.2) is 5.51 Å². The molecule has 1 saturated heterocycles. The maximum atomic E-state index is 11.7. The van der Waals surface area contributed by atoms with Crippen molar-refractivity contribution < 1.29 is 4.79 Å². The van der Waals surface area contributed by atoms with E-state index in [0.717, 1.165) is 36.5 Å². The van der Waals surface area contributed by atoms with Crippen molar-refractivity contribution in [2.24, 2.45) is 0 Å². The smallest absolute Gasteiger partial charge is 0.317 e. The van der Waals surface area contributed by atoms with Gasteiger partial charge >= 0.3 is 6.03 Å². The third-order valence-electron chi connectivity index (χ3n) is 2.64.